The van der Waals surface area contributed by atoms with Crippen molar-refractivity contribution >= 4 is 17.5 Å². The van der Waals surface area contributed by atoms with Gasteiger partial charge in [-0.1, -0.05) is 12.6 Å². The Morgan fingerprint density at radius 1 is 1.17 bits per heavy atom. The molecule has 0 radical (unpaired) electrons. The van der Waals surface area contributed by atoms with Crippen LogP contribution in [0.3, 0.4) is 0 Å². The predicted molar refractivity (Wildman–Crippen MR) is 86.0 cm³/mol. The van der Waals surface area contributed by atoms with Gasteiger partial charge in [0.05, 0.1) is 31.5 Å². The molecule has 5 nitrogen and oxygen atoms in total. The number of carbonyl (C=O) groups is 2. The molecule has 2 rings (SSSR count). The van der Waals surface area contributed by atoms with Crippen LogP contribution >= 0.6 is 0 Å². The molecule has 1 aliphatic carbocycles. The second-order valence-corrected chi connectivity index (χ2v) is 4.97. The summed E-state index contributed by atoms with van der Waals surface area (Å²) in [5, 5.41) is 0. The molecule has 5 heteroatoms. The lowest BCUT2D eigenvalue weighted by molar-refractivity contribution is -0.138. The fourth-order valence-electron chi connectivity index (χ4n) is 2.57. The molecule has 1 aromatic rings. The van der Waals surface area contributed by atoms with Gasteiger partial charge in [0.25, 0.3) is 0 Å². The summed E-state index contributed by atoms with van der Waals surface area (Å²) in [6, 6.07) is 5.48. The van der Waals surface area contributed by atoms with Gasteiger partial charge in [0, 0.05) is 12.0 Å². The molecule has 0 aromatic heterocycles. The van der Waals surface area contributed by atoms with E-state index in [1.807, 2.05) is 12.1 Å². The van der Waals surface area contributed by atoms with Crippen LogP contribution in [-0.2, 0) is 25.5 Å². The highest BCUT2D eigenvalue weighted by molar-refractivity contribution is 6.14. The first-order valence-electron chi connectivity index (χ1n) is 7.47. The standard InChI is InChI=1S/C18H20O5/c1-5-22-17(19)11(3)16-14-10-13(21-4)8-7-12(14)9-15(16)18(20)23-6-2/h7-8,10H,3,5-6,9H2,1-2,4H3. The Balaban J connectivity index is 2.52. The van der Waals surface area contributed by atoms with Crippen molar-refractivity contribution in [3.05, 3.63) is 47.1 Å². The maximum Gasteiger partial charge on any atom is 0.338 e. The second kappa shape index (κ2) is 7.13. The SMILES string of the molecule is C=C(C(=O)OCC)C1=C(C(=O)OCC)Cc2ccc(OC)cc21. The summed E-state index contributed by atoms with van der Waals surface area (Å²) >= 11 is 0. The van der Waals surface area contributed by atoms with Crippen LogP contribution in [-0.4, -0.2) is 32.3 Å². The Bertz CT molecular complexity index is 685. The monoisotopic (exact) mass is 316 g/mol. The summed E-state index contributed by atoms with van der Waals surface area (Å²) in [5.74, 6) is -0.342. The third-order valence-corrected chi connectivity index (χ3v) is 3.60. The molecule has 0 spiro atoms. The second-order valence-electron chi connectivity index (χ2n) is 4.97. The molecule has 0 aliphatic heterocycles. The first kappa shape index (κ1) is 16.8. The molecule has 0 saturated carbocycles. The third kappa shape index (κ3) is 3.28. The van der Waals surface area contributed by atoms with Gasteiger partial charge in [-0.15, -0.1) is 0 Å². The van der Waals surface area contributed by atoms with Crippen molar-refractivity contribution in [2.75, 3.05) is 20.3 Å². The summed E-state index contributed by atoms with van der Waals surface area (Å²) in [6.07, 6.45) is 0.395. The number of benzene rings is 1. The molecule has 0 saturated heterocycles. The zero-order valence-corrected chi connectivity index (χ0v) is 13.6. The van der Waals surface area contributed by atoms with Crippen molar-refractivity contribution in [2.24, 2.45) is 0 Å². The van der Waals surface area contributed by atoms with Gasteiger partial charge in [-0.3, -0.25) is 0 Å². The van der Waals surface area contributed by atoms with Crippen molar-refractivity contribution in [1.82, 2.24) is 0 Å². The van der Waals surface area contributed by atoms with E-state index in [1.54, 1.807) is 27.0 Å². The highest BCUT2D eigenvalue weighted by Crippen LogP contribution is 2.39. The Hall–Kier alpha value is -2.56. The number of methoxy groups -OCH3 is 1. The summed E-state index contributed by atoms with van der Waals surface area (Å²) in [6.45, 7) is 7.79. The zero-order chi connectivity index (χ0) is 17.0. The van der Waals surface area contributed by atoms with E-state index in [0.29, 0.717) is 23.3 Å². The Kier molecular flexibility index (Phi) is 5.21. The molecule has 0 amide bonds. The Morgan fingerprint density at radius 3 is 2.48 bits per heavy atom. The van der Waals surface area contributed by atoms with Crippen LogP contribution in [0.25, 0.3) is 5.57 Å². The highest BCUT2D eigenvalue weighted by atomic mass is 16.5. The van der Waals surface area contributed by atoms with Crippen LogP contribution in [0.15, 0.2) is 35.9 Å². The maximum atomic E-state index is 12.3. The zero-order valence-electron chi connectivity index (χ0n) is 13.6. The average molecular weight is 316 g/mol. The van der Waals surface area contributed by atoms with Gasteiger partial charge >= 0.3 is 11.9 Å². The minimum absolute atomic E-state index is 0.155. The maximum absolute atomic E-state index is 12.3. The van der Waals surface area contributed by atoms with Crippen molar-refractivity contribution in [1.29, 1.82) is 0 Å². The number of fused-ring (bicyclic) bond motifs is 1. The first-order valence-corrected chi connectivity index (χ1v) is 7.47. The van der Waals surface area contributed by atoms with E-state index >= 15 is 0 Å². The molecule has 122 valence electrons. The largest absolute Gasteiger partial charge is 0.497 e. The molecule has 0 bridgehead atoms. The molecule has 0 fully saturated rings. The van der Waals surface area contributed by atoms with E-state index in [2.05, 4.69) is 6.58 Å². The van der Waals surface area contributed by atoms with E-state index < -0.39 is 11.9 Å². The first-order chi connectivity index (χ1) is 11.0. The molecule has 0 unspecified atom stereocenters. The van der Waals surface area contributed by atoms with Crippen molar-refractivity contribution < 1.29 is 23.8 Å². The van der Waals surface area contributed by atoms with E-state index in [0.717, 1.165) is 11.1 Å². The minimum Gasteiger partial charge on any atom is -0.497 e. The van der Waals surface area contributed by atoms with Crippen molar-refractivity contribution in [2.45, 2.75) is 20.3 Å². The third-order valence-electron chi connectivity index (χ3n) is 3.60. The van der Waals surface area contributed by atoms with E-state index in [1.165, 1.54) is 0 Å². The number of hydrogen-bond donors (Lipinski definition) is 0. The van der Waals surface area contributed by atoms with E-state index in [4.69, 9.17) is 14.2 Å². The molecule has 0 heterocycles. The lowest BCUT2D eigenvalue weighted by atomic mass is 9.98. The Morgan fingerprint density at radius 2 is 1.87 bits per heavy atom. The summed E-state index contributed by atoms with van der Waals surface area (Å²) in [4.78, 5) is 24.3. The molecule has 23 heavy (non-hydrogen) atoms. The van der Waals surface area contributed by atoms with Crippen LogP contribution < -0.4 is 4.74 Å². The fourth-order valence-corrected chi connectivity index (χ4v) is 2.57. The molecular weight excluding hydrogens is 296 g/mol. The van der Waals surface area contributed by atoms with E-state index in [-0.39, 0.29) is 18.8 Å². The van der Waals surface area contributed by atoms with Gasteiger partial charge in [0.1, 0.15) is 5.75 Å². The number of hydrogen-bond acceptors (Lipinski definition) is 5. The van der Waals surface area contributed by atoms with Crippen molar-refractivity contribution in [3.8, 4) is 5.75 Å². The van der Waals surface area contributed by atoms with Gasteiger partial charge in [0.15, 0.2) is 0 Å². The quantitative estimate of drug-likeness (QED) is 0.596. The number of rotatable bonds is 6. The lowest BCUT2D eigenvalue weighted by Crippen LogP contribution is -2.13. The fraction of sp³-hybridized carbons (Fsp3) is 0.333. The average Bonchev–Trinajstić information content (AvgIpc) is 2.93. The Labute approximate surface area is 135 Å². The summed E-state index contributed by atoms with van der Waals surface area (Å²) in [5.41, 5.74) is 2.74. The molecular formula is C18H20O5. The minimum atomic E-state index is -0.542. The highest BCUT2D eigenvalue weighted by Gasteiger charge is 2.31. The summed E-state index contributed by atoms with van der Waals surface area (Å²) in [7, 11) is 1.56. The van der Waals surface area contributed by atoms with Crippen molar-refractivity contribution in [3.63, 3.8) is 0 Å². The molecule has 1 aromatic carbocycles. The van der Waals surface area contributed by atoms with Gasteiger partial charge in [-0.25, -0.2) is 9.59 Å². The summed E-state index contributed by atoms with van der Waals surface area (Å²) < 4.78 is 15.4. The molecule has 0 N–H and O–H groups in total. The predicted octanol–water partition coefficient (Wildman–Crippen LogP) is 2.69. The smallest absolute Gasteiger partial charge is 0.338 e. The van der Waals surface area contributed by atoms with Crippen LogP contribution in [0.1, 0.15) is 25.0 Å². The normalized spacial score (nSPS) is 12.7. The van der Waals surface area contributed by atoms with Crippen LogP contribution in [0.2, 0.25) is 0 Å². The topological polar surface area (TPSA) is 61.8 Å². The number of carbonyl (C=O) groups excluding carboxylic acids is 2. The number of ether oxygens (including phenoxy) is 3. The lowest BCUT2D eigenvalue weighted by Gasteiger charge is -2.11. The van der Waals surface area contributed by atoms with Gasteiger partial charge in [-0.05, 0) is 37.1 Å². The van der Waals surface area contributed by atoms with Crippen LogP contribution in [0, 0.1) is 0 Å². The van der Waals surface area contributed by atoms with Crippen LogP contribution in [0.4, 0.5) is 0 Å². The van der Waals surface area contributed by atoms with E-state index in [9.17, 15) is 9.59 Å². The molecule has 0 atom stereocenters. The van der Waals surface area contributed by atoms with Gasteiger partial charge in [0.2, 0.25) is 0 Å². The van der Waals surface area contributed by atoms with Gasteiger partial charge in [-0.2, -0.15) is 0 Å². The molecule has 1 aliphatic rings. The van der Waals surface area contributed by atoms with Gasteiger partial charge < -0.3 is 14.2 Å². The van der Waals surface area contributed by atoms with Crippen LogP contribution in [0.5, 0.6) is 5.75 Å². The number of esters is 2.